The number of nitriles is 1. The predicted octanol–water partition coefficient (Wildman–Crippen LogP) is 3.63. The zero-order chi connectivity index (χ0) is 15.4. The van der Waals surface area contributed by atoms with E-state index in [4.69, 9.17) is 4.74 Å². The number of carbonyl (C=O) groups is 1. The van der Waals surface area contributed by atoms with Crippen LogP contribution in [0.2, 0.25) is 0 Å². The monoisotopic (exact) mass is 283 g/mol. The molecule has 4 heteroatoms. The van der Waals surface area contributed by atoms with E-state index in [0.29, 0.717) is 5.56 Å². The largest absolute Gasteiger partial charge is 0.494 e. The van der Waals surface area contributed by atoms with Crippen LogP contribution in [0.5, 0.6) is 5.75 Å². The molecule has 3 nitrogen and oxygen atoms in total. The smallest absolute Gasteiger partial charge is 0.184 e. The van der Waals surface area contributed by atoms with Gasteiger partial charge in [-0.3, -0.25) is 4.79 Å². The highest BCUT2D eigenvalue weighted by atomic mass is 19.1. The number of halogens is 1. The van der Waals surface area contributed by atoms with Gasteiger partial charge in [0.25, 0.3) is 0 Å². The molecule has 0 saturated carbocycles. The highest BCUT2D eigenvalue weighted by molar-refractivity contribution is 6.02. The molecule has 0 amide bonds. The average molecular weight is 283 g/mol. The topological polar surface area (TPSA) is 50.1 Å². The van der Waals surface area contributed by atoms with E-state index in [1.807, 2.05) is 19.1 Å². The molecular formula is C17H14FNO2. The van der Waals surface area contributed by atoms with E-state index in [1.54, 1.807) is 18.2 Å². The Kier molecular flexibility index (Phi) is 4.34. The van der Waals surface area contributed by atoms with Crippen LogP contribution in [0, 0.1) is 24.1 Å². The van der Waals surface area contributed by atoms with Gasteiger partial charge in [0.2, 0.25) is 0 Å². The van der Waals surface area contributed by atoms with E-state index in [1.165, 1.54) is 19.2 Å². The normalized spacial score (nSPS) is 11.5. The number of methoxy groups -OCH3 is 1. The Morgan fingerprint density at radius 1 is 1.29 bits per heavy atom. The molecular weight excluding hydrogens is 269 g/mol. The SMILES string of the molecule is COc1ccc(C(=O)C(C#N)c2cccc(C)c2)cc1F. The van der Waals surface area contributed by atoms with Gasteiger partial charge in [-0.2, -0.15) is 5.26 Å². The summed E-state index contributed by atoms with van der Waals surface area (Å²) in [5, 5.41) is 9.28. The molecule has 1 atom stereocenters. The fourth-order valence-electron chi connectivity index (χ4n) is 2.12. The lowest BCUT2D eigenvalue weighted by molar-refractivity contribution is 0.0978. The molecule has 0 aliphatic heterocycles. The minimum absolute atomic E-state index is 0.0654. The van der Waals surface area contributed by atoms with Gasteiger partial charge in [-0.1, -0.05) is 29.8 Å². The van der Waals surface area contributed by atoms with Crippen molar-refractivity contribution in [3.63, 3.8) is 0 Å². The summed E-state index contributed by atoms with van der Waals surface area (Å²) in [4.78, 5) is 12.4. The summed E-state index contributed by atoms with van der Waals surface area (Å²) in [6, 6.07) is 13.1. The van der Waals surface area contributed by atoms with E-state index in [9.17, 15) is 14.4 Å². The predicted molar refractivity (Wildman–Crippen MR) is 76.8 cm³/mol. The van der Waals surface area contributed by atoms with Crippen LogP contribution in [-0.2, 0) is 0 Å². The fourth-order valence-corrected chi connectivity index (χ4v) is 2.12. The molecule has 0 aromatic heterocycles. The summed E-state index contributed by atoms with van der Waals surface area (Å²) in [6.45, 7) is 1.88. The number of ketones is 1. The third-order valence-electron chi connectivity index (χ3n) is 3.20. The Bertz CT molecular complexity index is 719. The fraction of sp³-hybridized carbons (Fsp3) is 0.176. The van der Waals surface area contributed by atoms with Crippen molar-refractivity contribution in [1.82, 2.24) is 0 Å². The van der Waals surface area contributed by atoms with Crippen LogP contribution < -0.4 is 4.74 Å². The zero-order valence-corrected chi connectivity index (χ0v) is 11.8. The second-order valence-corrected chi connectivity index (χ2v) is 4.69. The molecule has 106 valence electrons. The van der Waals surface area contributed by atoms with Crippen LogP contribution in [0.25, 0.3) is 0 Å². The Balaban J connectivity index is 2.37. The number of nitrogens with zero attached hydrogens (tertiary/aromatic N) is 1. The number of rotatable bonds is 4. The molecule has 0 saturated heterocycles. The van der Waals surface area contributed by atoms with E-state index < -0.39 is 17.5 Å². The van der Waals surface area contributed by atoms with E-state index in [2.05, 4.69) is 0 Å². The van der Waals surface area contributed by atoms with Crippen LogP contribution in [0.1, 0.15) is 27.4 Å². The first-order valence-electron chi connectivity index (χ1n) is 6.40. The van der Waals surface area contributed by atoms with Crippen molar-refractivity contribution in [2.24, 2.45) is 0 Å². The maximum Gasteiger partial charge on any atom is 0.184 e. The minimum atomic E-state index is -0.947. The number of carbonyl (C=O) groups excluding carboxylic acids is 1. The van der Waals surface area contributed by atoms with Crippen LogP contribution in [0.15, 0.2) is 42.5 Å². The van der Waals surface area contributed by atoms with Crippen LogP contribution in [0.4, 0.5) is 4.39 Å². The van der Waals surface area contributed by atoms with Gasteiger partial charge in [0.15, 0.2) is 17.3 Å². The standard InChI is InChI=1S/C17H14FNO2/c1-11-4-3-5-12(8-11)14(10-19)17(20)13-6-7-16(21-2)15(18)9-13/h3-9,14H,1-2H3. The Labute approximate surface area is 122 Å². The van der Waals surface area contributed by atoms with Crippen molar-refractivity contribution in [2.75, 3.05) is 7.11 Å². The lowest BCUT2D eigenvalue weighted by Crippen LogP contribution is -2.12. The number of benzene rings is 2. The molecule has 2 aromatic rings. The molecule has 1 unspecified atom stereocenters. The van der Waals surface area contributed by atoms with E-state index >= 15 is 0 Å². The maximum absolute atomic E-state index is 13.7. The van der Waals surface area contributed by atoms with Gasteiger partial charge in [0, 0.05) is 5.56 Å². The van der Waals surface area contributed by atoms with Gasteiger partial charge in [0.1, 0.15) is 5.92 Å². The Hall–Kier alpha value is -2.67. The summed E-state index contributed by atoms with van der Waals surface area (Å²) >= 11 is 0. The van der Waals surface area contributed by atoms with Gasteiger partial charge in [-0.25, -0.2) is 4.39 Å². The van der Waals surface area contributed by atoms with Gasteiger partial charge in [-0.05, 0) is 30.7 Å². The number of Topliss-reactive ketones (excluding diaryl/α,β-unsaturated/α-hetero) is 1. The minimum Gasteiger partial charge on any atom is -0.494 e. The van der Waals surface area contributed by atoms with Crippen molar-refractivity contribution in [3.8, 4) is 11.8 Å². The van der Waals surface area contributed by atoms with Gasteiger partial charge in [-0.15, -0.1) is 0 Å². The first-order chi connectivity index (χ1) is 10.1. The summed E-state index contributed by atoms with van der Waals surface area (Å²) in [5.41, 5.74) is 1.72. The van der Waals surface area contributed by atoms with Crippen molar-refractivity contribution in [2.45, 2.75) is 12.8 Å². The molecule has 0 N–H and O–H groups in total. The summed E-state index contributed by atoms with van der Waals surface area (Å²) < 4.78 is 18.5. The molecule has 0 spiro atoms. The van der Waals surface area contributed by atoms with Crippen molar-refractivity contribution in [3.05, 3.63) is 65.0 Å². The second kappa shape index (κ2) is 6.19. The molecule has 0 fully saturated rings. The van der Waals surface area contributed by atoms with Gasteiger partial charge in [0.05, 0.1) is 13.2 Å². The average Bonchev–Trinajstić information content (AvgIpc) is 2.48. The molecule has 0 radical (unpaired) electrons. The Morgan fingerprint density at radius 2 is 2.05 bits per heavy atom. The molecule has 0 heterocycles. The summed E-state index contributed by atoms with van der Waals surface area (Å²) in [6.07, 6.45) is 0. The molecule has 2 rings (SSSR count). The highest BCUT2D eigenvalue weighted by Gasteiger charge is 2.22. The van der Waals surface area contributed by atoms with E-state index in [-0.39, 0.29) is 11.3 Å². The quantitative estimate of drug-likeness (QED) is 0.805. The molecule has 0 aliphatic carbocycles. The van der Waals surface area contributed by atoms with Crippen molar-refractivity contribution in [1.29, 1.82) is 5.26 Å². The lowest BCUT2D eigenvalue weighted by atomic mass is 9.91. The highest BCUT2D eigenvalue weighted by Crippen LogP contribution is 2.24. The number of ether oxygens (including phenoxy) is 1. The van der Waals surface area contributed by atoms with Crippen LogP contribution >= 0.6 is 0 Å². The van der Waals surface area contributed by atoms with Crippen molar-refractivity contribution >= 4 is 5.78 Å². The molecule has 0 aliphatic rings. The third kappa shape index (κ3) is 3.09. The second-order valence-electron chi connectivity index (χ2n) is 4.69. The Morgan fingerprint density at radius 3 is 2.62 bits per heavy atom. The summed E-state index contributed by atoms with van der Waals surface area (Å²) in [5.74, 6) is -1.93. The van der Waals surface area contributed by atoms with Crippen molar-refractivity contribution < 1.29 is 13.9 Å². The first kappa shape index (κ1) is 14.7. The number of hydrogen-bond donors (Lipinski definition) is 0. The van der Waals surface area contributed by atoms with E-state index in [0.717, 1.165) is 11.6 Å². The molecule has 21 heavy (non-hydrogen) atoms. The number of aryl methyl sites for hydroxylation is 1. The van der Waals surface area contributed by atoms with Crippen LogP contribution in [-0.4, -0.2) is 12.9 Å². The van der Waals surface area contributed by atoms with Gasteiger partial charge < -0.3 is 4.74 Å². The maximum atomic E-state index is 13.7. The van der Waals surface area contributed by atoms with Gasteiger partial charge >= 0.3 is 0 Å². The first-order valence-corrected chi connectivity index (χ1v) is 6.40. The molecule has 2 aromatic carbocycles. The number of hydrogen-bond acceptors (Lipinski definition) is 3. The van der Waals surface area contributed by atoms with Crippen LogP contribution in [0.3, 0.4) is 0 Å². The third-order valence-corrected chi connectivity index (χ3v) is 3.20. The lowest BCUT2D eigenvalue weighted by Gasteiger charge is -2.10. The molecule has 0 bridgehead atoms. The zero-order valence-electron chi connectivity index (χ0n) is 11.8. The summed E-state index contributed by atoms with van der Waals surface area (Å²) in [7, 11) is 1.35.